The second-order valence-electron chi connectivity index (χ2n) is 5.07. The number of benzene rings is 2. The molecule has 0 aliphatic rings. The highest BCUT2D eigenvalue weighted by molar-refractivity contribution is 6.39. The summed E-state index contributed by atoms with van der Waals surface area (Å²) in [5.74, 6) is -1.29. The number of carbonyl (C=O) groups excluding carboxylic acids is 2. The van der Waals surface area contributed by atoms with Gasteiger partial charge in [0.25, 0.3) is 0 Å². The van der Waals surface area contributed by atoms with E-state index in [1.807, 2.05) is 62.4 Å². The molecular formula is C18H20N2O2. The summed E-state index contributed by atoms with van der Waals surface area (Å²) >= 11 is 0. The summed E-state index contributed by atoms with van der Waals surface area (Å²) in [6, 6.07) is 16.8. The Hall–Kier alpha value is -2.62. The van der Waals surface area contributed by atoms with Gasteiger partial charge in [-0.25, -0.2) is 0 Å². The first-order valence-electron chi connectivity index (χ1n) is 7.36. The lowest BCUT2D eigenvalue weighted by atomic mass is 10.1. The maximum Gasteiger partial charge on any atom is 0.313 e. The van der Waals surface area contributed by atoms with Gasteiger partial charge in [-0.05, 0) is 30.5 Å². The van der Waals surface area contributed by atoms with E-state index in [4.69, 9.17) is 0 Å². The number of nitrogens with one attached hydrogen (secondary N) is 2. The van der Waals surface area contributed by atoms with E-state index in [1.165, 1.54) is 0 Å². The van der Waals surface area contributed by atoms with E-state index in [1.54, 1.807) is 6.07 Å². The quantitative estimate of drug-likeness (QED) is 0.852. The molecule has 1 atom stereocenters. The number of para-hydroxylation sites is 1. The summed E-state index contributed by atoms with van der Waals surface area (Å²) in [6.45, 7) is 3.85. The monoisotopic (exact) mass is 296 g/mol. The first kappa shape index (κ1) is 15.8. The molecule has 0 saturated carbocycles. The minimum atomic E-state index is -0.649. The fraction of sp³-hybridized carbons (Fsp3) is 0.222. The maximum atomic E-state index is 12.0. The lowest BCUT2D eigenvalue weighted by molar-refractivity contribution is -0.136. The van der Waals surface area contributed by atoms with E-state index in [2.05, 4.69) is 10.6 Å². The SMILES string of the molecule is CCc1ccccc1NC(=O)C(=O)NC(C)c1ccccc1. The number of hydrogen-bond donors (Lipinski definition) is 2. The molecule has 2 N–H and O–H groups in total. The molecule has 1 unspecified atom stereocenters. The van der Waals surface area contributed by atoms with Crippen molar-refractivity contribution >= 4 is 17.5 Å². The Morgan fingerprint density at radius 3 is 2.27 bits per heavy atom. The summed E-state index contributed by atoms with van der Waals surface area (Å²) in [6.07, 6.45) is 0.790. The van der Waals surface area contributed by atoms with Crippen LogP contribution in [-0.4, -0.2) is 11.8 Å². The number of anilines is 1. The van der Waals surface area contributed by atoms with Crippen LogP contribution in [0.5, 0.6) is 0 Å². The van der Waals surface area contributed by atoms with E-state index in [9.17, 15) is 9.59 Å². The van der Waals surface area contributed by atoms with Crippen molar-refractivity contribution < 1.29 is 9.59 Å². The van der Waals surface area contributed by atoms with E-state index in [0.717, 1.165) is 17.5 Å². The fourth-order valence-corrected chi connectivity index (χ4v) is 2.22. The summed E-state index contributed by atoms with van der Waals surface area (Å²) in [5.41, 5.74) is 2.63. The molecule has 2 aromatic carbocycles. The molecule has 0 spiro atoms. The molecule has 0 bridgehead atoms. The van der Waals surface area contributed by atoms with E-state index < -0.39 is 11.8 Å². The molecule has 0 aliphatic heterocycles. The van der Waals surface area contributed by atoms with E-state index in [0.29, 0.717) is 5.69 Å². The standard InChI is InChI=1S/C18H20N2O2/c1-3-14-9-7-8-12-16(14)20-18(22)17(21)19-13(2)15-10-5-4-6-11-15/h4-13H,3H2,1-2H3,(H,19,21)(H,20,22). The molecule has 0 aliphatic carbocycles. The van der Waals surface area contributed by atoms with Crippen LogP contribution in [0.25, 0.3) is 0 Å². The first-order valence-corrected chi connectivity index (χ1v) is 7.36. The second-order valence-corrected chi connectivity index (χ2v) is 5.07. The molecule has 0 aromatic heterocycles. The molecular weight excluding hydrogens is 276 g/mol. The summed E-state index contributed by atoms with van der Waals surface area (Å²) in [5, 5.41) is 5.37. The van der Waals surface area contributed by atoms with Crippen LogP contribution in [0.15, 0.2) is 54.6 Å². The maximum absolute atomic E-state index is 12.0. The Kier molecular flexibility index (Phi) is 5.31. The zero-order chi connectivity index (χ0) is 15.9. The van der Waals surface area contributed by atoms with Gasteiger partial charge in [-0.1, -0.05) is 55.5 Å². The molecule has 0 fully saturated rings. The summed E-state index contributed by atoms with van der Waals surface area (Å²) in [7, 11) is 0. The third-order valence-corrected chi connectivity index (χ3v) is 3.50. The van der Waals surface area contributed by atoms with Crippen molar-refractivity contribution in [3.05, 3.63) is 65.7 Å². The van der Waals surface area contributed by atoms with Crippen molar-refractivity contribution in [2.45, 2.75) is 26.3 Å². The number of aryl methyl sites for hydroxylation is 1. The van der Waals surface area contributed by atoms with Gasteiger partial charge in [0.1, 0.15) is 0 Å². The Morgan fingerprint density at radius 2 is 1.59 bits per heavy atom. The van der Waals surface area contributed by atoms with E-state index in [-0.39, 0.29) is 6.04 Å². The fourth-order valence-electron chi connectivity index (χ4n) is 2.22. The van der Waals surface area contributed by atoms with Gasteiger partial charge < -0.3 is 10.6 Å². The Labute approximate surface area is 130 Å². The van der Waals surface area contributed by atoms with Crippen molar-refractivity contribution in [2.75, 3.05) is 5.32 Å². The van der Waals surface area contributed by atoms with Gasteiger partial charge >= 0.3 is 11.8 Å². The topological polar surface area (TPSA) is 58.2 Å². The van der Waals surface area contributed by atoms with Crippen LogP contribution < -0.4 is 10.6 Å². The largest absolute Gasteiger partial charge is 0.341 e. The van der Waals surface area contributed by atoms with Gasteiger partial charge in [0.2, 0.25) is 0 Å². The smallest absolute Gasteiger partial charge is 0.313 e. The van der Waals surface area contributed by atoms with Crippen molar-refractivity contribution in [1.82, 2.24) is 5.32 Å². The van der Waals surface area contributed by atoms with Crippen LogP contribution in [0.3, 0.4) is 0 Å². The molecule has 114 valence electrons. The molecule has 22 heavy (non-hydrogen) atoms. The van der Waals surface area contributed by atoms with Crippen LogP contribution >= 0.6 is 0 Å². The van der Waals surface area contributed by atoms with Crippen LogP contribution in [0.2, 0.25) is 0 Å². The number of hydrogen-bond acceptors (Lipinski definition) is 2. The van der Waals surface area contributed by atoms with Gasteiger partial charge in [-0.15, -0.1) is 0 Å². The lowest BCUT2D eigenvalue weighted by Crippen LogP contribution is -2.37. The van der Waals surface area contributed by atoms with Crippen molar-refractivity contribution in [2.24, 2.45) is 0 Å². The minimum absolute atomic E-state index is 0.221. The highest BCUT2D eigenvalue weighted by atomic mass is 16.2. The Bertz CT molecular complexity index is 653. The summed E-state index contributed by atoms with van der Waals surface area (Å²) in [4.78, 5) is 24.0. The Balaban J connectivity index is 1.99. The van der Waals surface area contributed by atoms with Crippen LogP contribution in [0, 0.1) is 0 Å². The Morgan fingerprint density at radius 1 is 0.955 bits per heavy atom. The van der Waals surface area contributed by atoms with Crippen molar-refractivity contribution in [3.63, 3.8) is 0 Å². The minimum Gasteiger partial charge on any atom is -0.341 e. The van der Waals surface area contributed by atoms with Gasteiger partial charge in [0.05, 0.1) is 6.04 Å². The second kappa shape index (κ2) is 7.41. The third-order valence-electron chi connectivity index (χ3n) is 3.50. The molecule has 2 rings (SSSR count). The molecule has 2 amide bonds. The molecule has 4 heteroatoms. The van der Waals surface area contributed by atoms with Crippen LogP contribution in [0.1, 0.15) is 31.0 Å². The lowest BCUT2D eigenvalue weighted by Gasteiger charge is -2.14. The number of amides is 2. The van der Waals surface area contributed by atoms with Gasteiger partial charge in [0, 0.05) is 5.69 Å². The van der Waals surface area contributed by atoms with Gasteiger partial charge in [-0.2, -0.15) is 0 Å². The highest BCUT2D eigenvalue weighted by Gasteiger charge is 2.17. The van der Waals surface area contributed by atoms with Crippen molar-refractivity contribution in [1.29, 1.82) is 0 Å². The molecule has 0 heterocycles. The number of carbonyl (C=O) groups is 2. The zero-order valence-electron chi connectivity index (χ0n) is 12.8. The molecule has 4 nitrogen and oxygen atoms in total. The van der Waals surface area contributed by atoms with Gasteiger partial charge in [0.15, 0.2) is 0 Å². The highest BCUT2D eigenvalue weighted by Crippen LogP contribution is 2.15. The first-order chi connectivity index (χ1) is 10.6. The third kappa shape index (κ3) is 3.95. The average Bonchev–Trinajstić information content (AvgIpc) is 2.56. The van der Waals surface area contributed by atoms with Crippen molar-refractivity contribution in [3.8, 4) is 0 Å². The predicted molar refractivity (Wildman–Crippen MR) is 87.4 cm³/mol. The zero-order valence-corrected chi connectivity index (χ0v) is 12.8. The van der Waals surface area contributed by atoms with E-state index >= 15 is 0 Å². The number of rotatable bonds is 4. The predicted octanol–water partition coefficient (Wildman–Crippen LogP) is 3.06. The average molecular weight is 296 g/mol. The van der Waals surface area contributed by atoms with Crippen LogP contribution in [0.4, 0.5) is 5.69 Å². The molecule has 2 aromatic rings. The molecule has 0 saturated heterocycles. The summed E-state index contributed by atoms with van der Waals surface area (Å²) < 4.78 is 0. The normalized spacial score (nSPS) is 11.5. The molecule has 0 radical (unpaired) electrons. The van der Waals surface area contributed by atoms with Gasteiger partial charge in [-0.3, -0.25) is 9.59 Å². The van der Waals surface area contributed by atoms with Crippen LogP contribution in [-0.2, 0) is 16.0 Å².